The fourth-order valence-corrected chi connectivity index (χ4v) is 4.63. The molecule has 0 saturated carbocycles. The lowest BCUT2D eigenvalue weighted by molar-refractivity contribution is 0.0648. The number of fused-ring (bicyclic) bond motifs is 3. The van der Waals surface area contributed by atoms with Crippen LogP contribution in [0.5, 0.6) is 11.5 Å². The van der Waals surface area contributed by atoms with Crippen molar-refractivity contribution < 1.29 is 14.6 Å². The quantitative estimate of drug-likeness (QED) is 0.840. The van der Waals surface area contributed by atoms with E-state index in [1.165, 1.54) is 17.5 Å². The van der Waals surface area contributed by atoms with Crippen LogP contribution in [0.15, 0.2) is 12.1 Å². The van der Waals surface area contributed by atoms with Crippen molar-refractivity contribution in [3.63, 3.8) is 0 Å². The highest BCUT2D eigenvalue weighted by atomic mass is 16.5. The van der Waals surface area contributed by atoms with Crippen LogP contribution >= 0.6 is 0 Å². The average Bonchev–Trinajstić information content (AvgIpc) is 2.64. The standard InChI is InChI=1S/C22H31NO3/c1-15(2)10-18-14-23-8-7-17-12-21(25-3)22(26-4)13-19(17)20(23)11-16(18)6-5-9-24/h12-13,15-16,18,20,24H,7-11,14H2,1-4H3/t16?,18-,20-/m1/s1. The summed E-state index contributed by atoms with van der Waals surface area (Å²) in [6, 6.07) is 4.67. The van der Waals surface area contributed by atoms with Gasteiger partial charge in [-0.2, -0.15) is 0 Å². The van der Waals surface area contributed by atoms with Crippen LogP contribution in [0.1, 0.15) is 43.9 Å². The zero-order chi connectivity index (χ0) is 18.7. The fourth-order valence-electron chi connectivity index (χ4n) is 4.63. The first-order valence-corrected chi connectivity index (χ1v) is 9.65. The summed E-state index contributed by atoms with van der Waals surface area (Å²) in [5, 5.41) is 9.17. The van der Waals surface area contributed by atoms with Crippen molar-refractivity contribution in [2.75, 3.05) is 33.9 Å². The van der Waals surface area contributed by atoms with Crippen molar-refractivity contribution in [1.29, 1.82) is 0 Å². The normalized spacial score (nSPS) is 25.1. The Balaban J connectivity index is 1.92. The molecule has 0 bridgehead atoms. The van der Waals surface area contributed by atoms with Gasteiger partial charge >= 0.3 is 0 Å². The Hall–Kier alpha value is -1.70. The van der Waals surface area contributed by atoms with E-state index in [1.807, 2.05) is 0 Å². The van der Waals surface area contributed by atoms with Crippen LogP contribution < -0.4 is 9.47 Å². The van der Waals surface area contributed by atoms with Crippen LogP contribution in [0.2, 0.25) is 0 Å². The second-order valence-corrected chi connectivity index (χ2v) is 7.88. The first-order valence-electron chi connectivity index (χ1n) is 9.65. The van der Waals surface area contributed by atoms with Crippen molar-refractivity contribution in [3.8, 4) is 23.3 Å². The number of hydrogen-bond acceptors (Lipinski definition) is 4. The van der Waals surface area contributed by atoms with E-state index in [1.54, 1.807) is 14.2 Å². The van der Waals surface area contributed by atoms with Crippen LogP contribution in [0.4, 0.5) is 0 Å². The molecule has 0 aliphatic carbocycles. The molecule has 1 saturated heterocycles. The molecular formula is C22H31NO3. The van der Waals surface area contributed by atoms with Gasteiger partial charge < -0.3 is 14.6 Å². The van der Waals surface area contributed by atoms with Gasteiger partial charge in [-0.25, -0.2) is 0 Å². The van der Waals surface area contributed by atoms with Crippen LogP contribution in [0.25, 0.3) is 0 Å². The Labute approximate surface area is 157 Å². The van der Waals surface area contributed by atoms with E-state index in [-0.39, 0.29) is 6.61 Å². The predicted molar refractivity (Wildman–Crippen MR) is 103 cm³/mol. The van der Waals surface area contributed by atoms with Gasteiger partial charge in [0.1, 0.15) is 6.61 Å². The SMILES string of the molecule is COc1cc2c(cc1OC)[C@H]1CC(C#CCO)[C@H](CC(C)C)CN1CC2. The largest absolute Gasteiger partial charge is 0.493 e. The molecule has 3 atom stereocenters. The summed E-state index contributed by atoms with van der Waals surface area (Å²) in [5.41, 5.74) is 2.72. The van der Waals surface area contributed by atoms with Gasteiger partial charge in [-0.05, 0) is 54.4 Å². The summed E-state index contributed by atoms with van der Waals surface area (Å²) in [6.07, 6.45) is 3.26. The molecule has 3 rings (SSSR count). The third-order valence-corrected chi connectivity index (χ3v) is 5.77. The minimum absolute atomic E-state index is 0.0547. The minimum atomic E-state index is -0.0547. The summed E-state index contributed by atoms with van der Waals surface area (Å²) < 4.78 is 11.0. The first-order chi connectivity index (χ1) is 12.6. The minimum Gasteiger partial charge on any atom is -0.493 e. The van der Waals surface area contributed by atoms with Crippen molar-refractivity contribution >= 4 is 0 Å². The van der Waals surface area contributed by atoms with Crippen molar-refractivity contribution in [2.45, 2.75) is 39.2 Å². The number of rotatable bonds is 4. The van der Waals surface area contributed by atoms with Crippen LogP contribution in [-0.2, 0) is 6.42 Å². The molecule has 2 heterocycles. The summed E-state index contributed by atoms with van der Waals surface area (Å²) in [5.74, 6) is 9.47. The van der Waals surface area contributed by atoms with Crippen molar-refractivity contribution in [2.24, 2.45) is 17.8 Å². The number of ether oxygens (including phenoxy) is 2. The van der Waals surface area contributed by atoms with Gasteiger partial charge in [0.2, 0.25) is 0 Å². The molecule has 0 spiro atoms. The van der Waals surface area contributed by atoms with Gasteiger partial charge in [-0.3, -0.25) is 4.90 Å². The van der Waals surface area contributed by atoms with E-state index in [9.17, 15) is 0 Å². The highest BCUT2D eigenvalue weighted by Gasteiger charge is 2.38. The van der Waals surface area contributed by atoms with Gasteiger partial charge in [0, 0.05) is 25.0 Å². The highest BCUT2D eigenvalue weighted by molar-refractivity contribution is 5.49. The number of methoxy groups -OCH3 is 2. The number of aliphatic hydroxyl groups is 1. The molecule has 1 unspecified atom stereocenters. The molecule has 1 aromatic rings. The van der Waals surface area contributed by atoms with Crippen molar-refractivity contribution in [1.82, 2.24) is 4.90 Å². The molecule has 2 aliphatic rings. The third kappa shape index (κ3) is 3.84. The fraction of sp³-hybridized carbons (Fsp3) is 0.636. The molecule has 0 aromatic heterocycles. The number of benzene rings is 1. The molecular weight excluding hydrogens is 326 g/mol. The number of nitrogens with zero attached hydrogens (tertiary/aromatic N) is 1. The Morgan fingerprint density at radius 3 is 2.62 bits per heavy atom. The van der Waals surface area contributed by atoms with E-state index < -0.39 is 0 Å². The van der Waals surface area contributed by atoms with E-state index in [0.717, 1.165) is 37.4 Å². The molecule has 1 fully saturated rings. The Bertz CT molecular complexity index is 689. The average molecular weight is 357 g/mol. The maximum absolute atomic E-state index is 9.17. The second-order valence-electron chi connectivity index (χ2n) is 7.88. The molecule has 0 radical (unpaired) electrons. The molecule has 1 aromatic carbocycles. The number of hydrogen-bond donors (Lipinski definition) is 1. The van der Waals surface area contributed by atoms with Gasteiger partial charge in [-0.1, -0.05) is 25.7 Å². The van der Waals surface area contributed by atoms with Crippen molar-refractivity contribution in [3.05, 3.63) is 23.3 Å². The Kier molecular flexibility index (Phi) is 6.11. The van der Waals surface area contributed by atoms with Gasteiger partial charge in [-0.15, -0.1) is 0 Å². The van der Waals surface area contributed by atoms with Crippen LogP contribution in [-0.4, -0.2) is 43.9 Å². The predicted octanol–water partition coefficient (Wildman–Crippen LogP) is 3.28. The number of piperidine rings is 1. The van der Waals surface area contributed by atoms with E-state index in [4.69, 9.17) is 14.6 Å². The zero-order valence-corrected chi connectivity index (χ0v) is 16.4. The maximum Gasteiger partial charge on any atom is 0.161 e. The van der Waals surface area contributed by atoms with Crippen LogP contribution in [0.3, 0.4) is 0 Å². The van der Waals surface area contributed by atoms with E-state index >= 15 is 0 Å². The molecule has 2 aliphatic heterocycles. The lowest BCUT2D eigenvalue weighted by Gasteiger charge is -2.46. The highest BCUT2D eigenvalue weighted by Crippen LogP contribution is 2.45. The lowest BCUT2D eigenvalue weighted by atomic mass is 9.74. The summed E-state index contributed by atoms with van der Waals surface area (Å²) in [6.45, 7) is 6.68. The second kappa shape index (κ2) is 8.33. The lowest BCUT2D eigenvalue weighted by Crippen LogP contribution is -2.46. The van der Waals surface area contributed by atoms with Gasteiger partial charge in [0.05, 0.1) is 14.2 Å². The molecule has 26 heavy (non-hydrogen) atoms. The topological polar surface area (TPSA) is 41.9 Å². The molecule has 4 heteroatoms. The molecule has 1 N–H and O–H groups in total. The molecule has 0 amide bonds. The van der Waals surface area contributed by atoms with Gasteiger partial charge in [0.25, 0.3) is 0 Å². The summed E-state index contributed by atoms with van der Waals surface area (Å²) >= 11 is 0. The Morgan fingerprint density at radius 2 is 1.96 bits per heavy atom. The zero-order valence-electron chi connectivity index (χ0n) is 16.4. The smallest absolute Gasteiger partial charge is 0.161 e. The summed E-state index contributed by atoms with van der Waals surface area (Å²) in [7, 11) is 3.39. The Morgan fingerprint density at radius 1 is 1.23 bits per heavy atom. The third-order valence-electron chi connectivity index (χ3n) is 5.77. The summed E-state index contributed by atoms with van der Waals surface area (Å²) in [4.78, 5) is 2.62. The molecule has 142 valence electrons. The maximum atomic E-state index is 9.17. The molecule has 4 nitrogen and oxygen atoms in total. The van der Waals surface area contributed by atoms with Crippen LogP contribution in [0, 0.1) is 29.6 Å². The monoisotopic (exact) mass is 357 g/mol. The van der Waals surface area contributed by atoms with E-state index in [0.29, 0.717) is 23.8 Å². The number of aliphatic hydroxyl groups excluding tert-OH is 1. The van der Waals surface area contributed by atoms with Gasteiger partial charge in [0.15, 0.2) is 11.5 Å². The van der Waals surface area contributed by atoms with E-state index in [2.05, 4.69) is 42.7 Å². The first kappa shape index (κ1) is 19.1.